The smallest absolute Gasteiger partial charge is 0.105 e. The van der Waals surface area contributed by atoms with E-state index in [0.29, 0.717) is 12.5 Å². The van der Waals surface area contributed by atoms with Crippen molar-refractivity contribution >= 4 is 0 Å². The standard InChI is InChI=1S/C11H19N3/c1-8-13-10(7-12)11(14(8)2)9-5-3-4-6-9/h9H,3-7,12H2,1-2H3. The SMILES string of the molecule is Cc1nc(CN)c(C2CCCC2)n1C. The van der Waals surface area contributed by atoms with Crippen LogP contribution in [0.1, 0.15) is 48.8 Å². The number of nitrogens with two attached hydrogens (primary N) is 1. The van der Waals surface area contributed by atoms with Gasteiger partial charge < -0.3 is 10.3 Å². The first-order valence-corrected chi connectivity index (χ1v) is 5.46. The summed E-state index contributed by atoms with van der Waals surface area (Å²) in [6.07, 6.45) is 5.34. The van der Waals surface area contributed by atoms with Crippen molar-refractivity contribution in [2.75, 3.05) is 0 Å². The molecular weight excluding hydrogens is 174 g/mol. The van der Waals surface area contributed by atoms with E-state index in [4.69, 9.17) is 5.73 Å². The molecule has 1 heterocycles. The number of hydrogen-bond donors (Lipinski definition) is 1. The Bertz CT molecular complexity index is 322. The molecular formula is C11H19N3. The van der Waals surface area contributed by atoms with Crippen molar-refractivity contribution in [2.45, 2.75) is 45.1 Å². The molecule has 3 nitrogen and oxygen atoms in total. The lowest BCUT2D eigenvalue weighted by molar-refractivity contribution is 0.641. The quantitative estimate of drug-likeness (QED) is 0.779. The van der Waals surface area contributed by atoms with Gasteiger partial charge in [-0.3, -0.25) is 0 Å². The molecule has 0 aromatic carbocycles. The summed E-state index contributed by atoms with van der Waals surface area (Å²) in [5.41, 5.74) is 8.22. The molecule has 0 bridgehead atoms. The molecule has 0 aliphatic heterocycles. The van der Waals surface area contributed by atoms with Crippen LogP contribution in [0.5, 0.6) is 0 Å². The van der Waals surface area contributed by atoms with Gasteiger partial charge in [0.05, 0.1) is 5.69 Å². The zero-order valence-corrected chi connectivity index (χ0v) is 9.08. The molecule has 0 radical (unpaired) electrons. The Morgan fingerprint density at radius 2 is 2.07 bits per heavy atom. The van der Waals surface area contributed by atoms with Gasteiger partial charge in [0, 0.05) is 25.2 Å². The monoisotopic (exact) mass is 193 g/mol. The lowest BCUT2D eigenvalue weighted by atomic mass is 10.0. The fourth-order valence-corrected chi connectivity index (χ4v) is 2.55. The average molecular weight is 193 g/mol. The Labute approximate surface area is 85.3 Å². The summed E-state index contributed by atoms with van der Waals surface area (Å²) >= 11 is 0. The summed E-state index contributed by atoms with van der Waals surface area (Å²) in [4.78, 5) is 4.51. The fraction of sp³-hybridized carbons (Fsp3) is 0.727. The molecule has 0 atom stereocenters. The lowest BCUT2D eigenvalue weighted by Gasteiger charge is -2.12. The van der Waals surface area contributed by atoms with Crippen LogP contribution in [0.15, 0.2) is 0 Å². The number of nitrogens with zero attached hydrogens (tertiary/aromatic N) is 2. The van der Waals surface area contributed by atoms with E-state index in [1.54, 1.807) is 0 Å². The fourth-order valence-electron chi connectivity index (χ4n) is 2.55. The van der Waals surface area contributed by atoms with Gasteiger partial charge in [-0.25, -0.2) is 4.98 Å². The summed E-state index contributed by atoms with van der Waals surface area (Å²) in [5.74, 6) is 1.80. The molecule has 78 valence electrons. The van der Waals surface area contributed by atoms with Crippen LogP contribution >= 0.6 is 0 Å². The lowest BCUT2D eigenvalue weighted by Crippen LogP contribution is -2.07. The molecule has 3 heteroatoms. The van der Waals surface area contributed by atoms with Crippen molar-refractivity contribution in [1.82, 2.24) is 9.55 Å². The third-order valence-electron chi connectivity index (χ3n) is 3.37. The molecule has 0 spiro atoms. The van der Waals surface area contributed by atoms with Crippen molar-refractivity contribution in [3.63, 3.8) is 0 Å². The van der Waals surface area contributed by atoms with Gasteiger partial charge in [-0.2, -0.15) is 0 Å². The van der Waals surface area contributed by atoms with E-state index in [0.717, 1.165) is 11.5 Å². The van der Waals surface area contributed by atoms with Gasteiger partial charge in [0.15, 0.2) is 0 Å². The maximum atomic E-state index is 5.72. The minimum atomic E-state index is 0.577. The van der Waals surface area contributed by atoms with Crippen LogP contribution in [0.2, 0.25) is 0 Å². The van der Waals surface area contributed by atoms with Gasteiger partial charge in [0.1, 0.15) is 5.82 Å². The molecule has 1 aromatic heterocycles. The first-order chi connectivity index (χ1) is 6.74. The van der Waals surface area contributed by atoms with Crippen LogP contribution < -0.4 is 5.73 Å². The Hall–Kier alpha value is -0.830. The number of hydrogen-bond acceptors (Lipinski definition) is 2. The van der Waals surface area contributed by atoms with Gasteiger partial charge in [0.25, 0.3) is 0 Å². The molecule has 2 rings (SSSR count). The van der Waals surface area contributed by atoms with E-state index in [-0.39, 0.29) is 0 Å². The van der Waals surface area contributed by atoms with Crippen molar-refractivity contribution in [2.24, 2.45) is 12.8 Å². The molecule has 1 saturated carbocycles. The molecule has 0 saturated heterocycles. The summed E-state index contributed by atoms with van der Waals surface area (Å²) in [6, 6.07) is 0. The minimum absolute atomic E-state index is 0.577. The number of aromatic nitrogens is 2. The predicted octanol–water partition coefficient (Wildman–Crippen LogP) is 1.84. The highest BCUT2D eigenvalue weighted by Gasteiger charge is 2.23. The molecule has 1 fully saturated rings. The Morgan fingerprint density at radius 1 is 1.43 bits per heavy atom. The van der Waals surface area contributed by atoms with Crippen LogP contribution in [0, 0.1) is 6.92 Å². The van der Waals surface area contributed by atoms with Crippen molar-refractivity contribution in [1.29, 1.82) is 0 Å². The Kier molecular flexibility index (Phi) is 2.59. The highest BCUT2D eigenvalue weighted by Crippen LogP contribution is 2.35. The second-order valence-corrected chi connectivity index (χ2v) is 4.24. The van der Waals surface area contributed by atoms with E-state index < -0.39 is 0 Å². The van der Waals surface area contributed by atoms with E-state index >= 15 is 0 Å². The van der Waals surface area contributed by atoms with Gasteiger partial charge in [-0.05, 0) is 19.8 Å². The summed E-state index contributed by atoms with van der Waals surface area (Å²) in [7, 11) is 2.11. The zero-order valence-electron chi connectivity index (χ0n) is 9.08. The summed E-state index contributed by atoms with van der Waals surface area (Å²) < 4.78 is 2.22. The molecule has 1 aromatic rings. The third kappa shape index (κ3) is 1.46. The van der Waals surface area contributed by atoms with Gasteiger partial charge in [-0.1, -0.05) is 12.8 Å². The maximum absolute atomic E-state index is 5.72. The molecule has 0 unspecified atom stereocenters. The van der Waals surface area contributed by atoms with Gasteiger partial charge >= 0.3 is 0 Å². The highest BCUT2D eigenvalue weighted by molar-refractivity contribution is 5.21. The third-order valence-corrected chi connectivity index (χ3v) is 3.37. The van der Waals surface area contributed by atoms with Gasteiger partial charge in [-0.15, -0.1) is 0 Å². The Balaban J connectivity index is 2.38. The minimum Gasteiger partial charge on any atom is -0.335 e. The van der Waals surface area contributed by atoms with E-state index in [1.807, 2.05) is 0 Å². The molecule has 1 aliphatic carbocycles. The Morgan fingerprint density at radius 3 is 2.64 bits per heavy atom. The average Bonchev–Trinajstić information content (AvgIpc) is 2.76. The largest absolute Gasteiger partial charge is 0.335 e. The second kappa shape index (κ2) is 3.73. The number of aryl methyl sites for hydroxylation is 1. The van der Waals surface area contributed by atoms with Crippen LogP contribution in [-0.4, -0.2) is 9.55 Å². The van der Waals surface area contributed by atoms with E-state index in [9.17, 15) is 0 Å². The highest BCUT2D eigenvalue weighted by atomic mass is 15.1. The van der Waals surface area contributed by atoms with Gasteiger partial charge in [0.2, 0.25) is 0 Å². The maximum Gasteiger partial charge on any atom is 0.105 e. The molecule has 0 amide bonds. The van der Waals surface area contributed by atoms with Crippen molar-refractivity contribution in [3.05, 3.63) is 17.2 Å². The summed E-state index contributed by atoms with van der Waals surface area (Å²) in [5, 5.41) is 0. The number of imidazole rings is 1. The van der Waals surface area contributed by atoms with E-state index in [1.165, 1.54) is 31.4 Å². The molecule has 1 aliphatic rings. The van der Waals surface area contributed by atoms with Crippen LogP contribution in [0.25, 0.3) is 0 Å². The summed E-state index contributed by atoms with van der Waals surface area (Å²) in [6.45, 7) is 2.63. The van der Waals surface area contributed by atoms with Crippen LogP contribution in [-0.2, 0) is 13.6 Å². The normalized spacial score (nSPS) is 17.9. The molecule has 14 heavy (non-hydrogen) atoms. The topological polar surface area (TPSA) is 43.8 Å². The first kappa shape index (κ1) is 9.71. The second-order valence-electron chi connectivity index (χ2n) is 4.24. The first-order valence-electron chi connectivity index (χ1n) is 5.46. The zero-order chi connectivity index (χ0) is 10.1. The molecule has 2 N–H and O–H groups in total. The van der Waals surface area contributed by atoms with Crippen molar-refractivity contribution in [3.8, 4) is 0 Å². The van der Waals surface area contributed by atoms with E-state index in [2.05, 4.69) is 23.5 Å². The van der Waals surface area contributed by atoms with Crippen LogP contribution in [0.3, 0.4) is 0 Å². The number of rotatable bonds is 2. The van der Waals surface area contributed by atoms with Crippen LogP contribution in [0.4, 0.5) is 0 Å². The van der Waals surface area contributed by atoms with Crippen molar-refractivity contribution < 1.29 is 0 Å². The predicted molar refractivity (Wildman–Crippen MR) is 57.0 cm³/mol.